The van der Waals surface area contributed by atoms with Crippen molar-refractivity contribution in [1.29, 1.82) is 0 Å². The Morgan fingerprint density at radius 3 is 2.38 bits per heavy atom. The summed E-state index contributed by atoms with van der Waals surface area (Å²) in [5.41, 5.74) is 2.30. The molecule has 1 heterocycles. The number of aliphatic hydroxyl groups excluding tert-OH is 1. The number of halogens is 2. The molecule has 0 radical (unpaired) electrons. The van der Waals surface area contributed by atoms with Crippen LogP contribution < -0.4 is 10.6 Å². The average Bonchev–Trinajstić information content (AvgIpc) is 3.22. The molecule has 3 rings (SSSR count). The molecule has 7 heteroatoms. The largest absolute Gasteiger partial charge is 0.390 e. The van der Waals surface area contributed by atoms with Crippen LogP contribution in [-0.2, 0) is 16.8 Å². The molecule has 0 aliphatic heterocycles. The third kappa shape index (κ3) is 6.24. The van der Waals surface area contributed by atoms with E-state index in [9.17, 15) is 18.7 Å². The first-order valence-corrected chi connectivity index (χ1v) is 12.0. The van der Waals surface area contributed by atoms with Crippen molar-refractivity contribution in [3.63, 3.8) is 0 Å². The first kappa shape index (κ1) is 24.6. The van der Waals surface area contributed by atoms with Gasteiger partial charge in [-0.15, -0.1) is 11.3 Å². The lowest BCUT2D eigenvalue weighted by molar-refractivity contribution is -0.120. The number of allylic oxidation sites excluding steroid dienone is 1. The average molecular weight is 463 g/mol. The van der Waals surface area contributed by atoms with Crippen molar-refractivity contribution < 1.29 is 18.7 Å². The van der Waals surface area contributed by atoms with Crippen LogP contribution in [0.5, 0.6) is 0 Å². The lowest BCUT2D eigenvalue weighted by atomic mass is 9.80. The second-order valence-electron chi connectivity index (χ2n) is 8.86. The highest BCUT2D eigenvalue weighted by atomic mass is 32.1. The minimum Gasteiger partial charge on any atom is -0.390 e. The molecule has 1 aliphatic rings. The maximum absolute atomic E-state index is 13.6. The molecule has 1 aromatic carbocycles. The second-order valence-corrected chi connectivity index (χ2v) is 9.77. The summed E-state index contributed by atoms with van der Waals surface area (Å²) in [7, 11) is 0. The number of carbonyl (C=O) groups is 1. The number of carbonyl (C=O) groups excluding carboxylic acids is 1. The van der Waals surface area contributed by atoms with E-state index in [2.05, 4.69) is 28.7 Å². The summed E-state index contributed by atoms with van der Waals surface area (Å²) in [6.07, 6.45) is 4.52. The Morgan fingerprint density at radius 1 is 1.16 bits per heavy atom. The summed E-state index contributed by atoms with van der Waals surface area (Å²) in [4.78, 5) is 13.0. The fraction of sp³-hybridized carbons (Fsp3) is 0.480. The molecule has 2 atom stereocenters. The Kier molecular flexibility index (Phi) is 8.20. The standard InChI is InChI=1S/C25H32F2N2O2S/c1-16(2)19-12-24(32-15-19)25(7-5-4-6-8-25)28-14-23(31)22(29-17(3)30)11-18-9-20(26)13-21(27)10-18/h9-10,12-13,15,22-23,28,31H,1,4-8,11,14H2,2-3H3,(H,29,30). The fourth-order valence-corrected chi connectivity index (χ4v) is 5.67. The van der Waals surface area contributed by atoms with E-state index in [1.807, 2.05) is 6.92 Å². The van der Waals surface area contributed by atoms with Crippen molar-refractivity contribution in [1.82, 2.24) is 10.6 Å². The van der Waals surface area contributed by atoms with Crippen molar-refractivity contribution >= 4 is 22.8 Å². The molecule has 1 fully saturated rings. The van der Waals surface area contributed by atoms with Gasteiger partial charge in [0.25, 0.3) is 0 Å². The van der Waals surface area contributed by atoms with Crippen molar-refractivity contribution in [3.05, 3.63) is 63.9 Å². The third-order valence-corrected chi connectivity index (χ3v) is 7.29. The van der Waals surface area contributed by atoms with Gasteiger partial charge in [0, 0.05) is 24.4 Å². The minimum absolute atomic E-state index is 0.128. The number of thiophene rings is 1. The van der Waals surface area contributed by atoms with Crippen LogP contribution in [0.25, 0.3) is 5.57 Å². The molecule has 0 saturated heterocycles. The van der Waals surface area contributed by atoms with E-state index in [0.717, 1.165) is 42.9 Å². The van der Waals surface area contributed by atoms with Gasteiger partial charge in [0.2, 0.25) is 5.91 Å². The molecule has 3 N–H and O–H groups in total. The molecule has 1 aromatic heterocycles. The highest BCUT2D eigenvalue weighted by Gasteiger charge is 2.36. The molecule has 1 saturated carbocycles. The quantitative estimate of drug-likeness (QED) is 0.496. The molecular weight excluding hydrogens is 430 g/mol. The van der Waals surface area contributed by atoms with Gasteiger partial charge >= 0.3 is 0 Å². The topological polar surface area (TPSA) is 61.4 Å². The van der Waals surface area contributed by atoms with Gasteiger partial charge in [-0.2, -0.15) is 0 Å². The lowest BCUT2D eigenvalue weighted by Gasteiger charge is -2.39. The van der Waals surface area contributed by atoms with E-state index in [4.69, 9.17) is 0 Å². The minimum atomic E-state index is -0.926. The maximum Gasteiger partial charge on any atom is 0.217 e. The number of nitrogens with one attached hydrogen (secondary N) is 2. The van der Waals surface area contributed by atoms with Gasteiger partial charge in [-0.3, -0.25) is 4.79 Å². The zero-order valence-corrected chi connectivity index (χ0v) is 19.5. The molecule has 2 aromatic rings. The molecule has 4 nitrogen and oxygen atoms in total. The highest BCUT2D eigenvalue weighted by molar-refractivity contribution is 7.10. The van der Waals surface area contributed by atoms with Crippen LogP contribution in [0.1, 0.15) is 62.0 Å². The molecule has 0 bridgehead atoms. The third-order valence-electron chi connectivity index (χ3n) is 6.15. The smallest absolute Gasteiger partial charge is 0.217 e. The van der Waals surface area contributed by atoms with Crippen molar-refractivity contribution in [3.8, 4) is 0 Å². The molecular formula is C25H32F2N2O2S. The fourth-order valence-electron chi connectivity index (χ4n) is 4.45. The summed E-state index contributed by atoms with van der Waals surface area (Å²) in [6, 6.07) is 4.77. The van der Waals surface area contributed by atoms with Crippen LogP contribution in [0, 0.1) is 11.6 Å². The number of amides is 1. The molecule has 174 valence electrons. The van der Waals surface area contributed by atoms with Crippen molar-refractivity contribution in [2.75, 3.05) is 6.54 Å². The van der Waals surface area contributed by atoms with Crippen LogP contribution in [0.2, 0.25) is 0 Å². The SMILES string of the molecule is C=C(C)c1csc(C2(NCC(O)C(Cc3cc(F)cc(F)c3)NC(C)=O)CCCCC2)c1. The van der Waals surface area contributed by atoms with Gasteiger partial charge in [0.1, 0.15) is 11.6 Å². The van der Waals surface area contributed by atoms with Gasteiger partial charge in [-0.25, -0.2) is 8.78 Å². The van der Waals surface area contributed by atoms with Crippen LogP contribution in [-0.4, -0.2) is 29.7 Å². The Labute approximate surface area is 192 Å². The van der Waals surface area contributed by atoms with Crippen LogP contribution in [0.4, 0.5) is 8.78 Å². The van der Waals surface area contributed by atoms with E-state index < -0.39 is 23.8 Å². The monoisotopic (exact) mass is 462 g/mol. The van der Waals surface area contributed by atoms with E-state index in [-0.39, 0.29) is 24.4 Å². The maximum atomic E-state index is 13.6. The van der Waals surface area contributed by atoms with Gasteiger partial charge < -0.3 is 15.7 Å². The number of rotatable bonds is 9. The van der Waals surface area contributed by atoms with Gasteiger partial charge in [0.15, 0.2) is 0 Å². The predicted octanol–water partition coefficient (Wildman–Crippen LogP) is 4.92. The number of aliphatic hydroxyl groups is 1. The summed E-state index contributed by atoms with van der Waals surface area (Å²) in [5.74, 6) is -1.66. The predicted molar refractivity (Wildman–Crippen MR) is 125 cm³/mol. The summed E-state index contributed by atoms with van der Waals surface area (Å²) >= 11 is 1.70. The Hall–Kier alpha value is -2.09. The second kappa shape index (κ2) is 10.7. The summed E-state index contributed by atoms with van der Waals surface area (Å²) < 4.78 is 27.2. The first-order valence-electron chi connectivity index (χ1n) is 11.1. The molecule has 1 amide bonds. The summed E-state index contributed by atoms with van der Waals surface area (Å²) in [5, 5.41) is 19.4. The Balaban J connectivity index is 1.76. The zero-order chi connectivity index (χ0) is 23.3. The number of benzene rings is 1. The molecule has 0 spiro atoms. The Morgan fingerprint density at radius 2 is 1.81 bits per heavy atom. The van der Waals surface area contributed by atoms with Crippen LogP contribution in [0.3, 0.4) is 0 Å². The number of hydrogen-bond acceptors (Lipinski definition) is 4. The van der Waals surface area contributed by atoms with Crippen LogP contribution in [0.15, 0.2) is 36.2 Å². The van der Waals surface area contributed by atoms with E-state index in [1.54, 1.807) is 11.3 Å². The van der Waals surface area contributed by atoms with Gasteiger partial charge in [-0.1, -0.05) is 31.4 Å². The lowest BCUT2D eigenvalue weighted by Crippen LogP contribution is -2.52. The van der Waals surface area contributed by atoms with Crippen LogP contribution >= 0.6 is 11.3 Å². The van der Waals surface area contributed by atoms with E-state index >= 15 is 0 Å². The Bertz CT molecular complexity index is 933. The van der Waals surface area contributed by atoms with E-state index in [1.165, 1.54) is 30.4 Å². The highest BCUT2D eigenvalue weighted by Crippen LogP contribution is 2.41. The molecule has 2 unspecified atom stereocenters. The number of hydrogen-bond donors (Lipinski definition) is 3. The molecule has 32 heavy (non-hydrogen) atoms. The van der Waals surface area contributed by atoms with Crippen molar-refractivity contribution in [2.24, 2.45) is 0 Å². The molecule has 1 aliphatic carbocycles. The first-order chi connectivity index (χ1) is 15.2. The van der Waals surface area contributed by atoms with Crippen molar-refractivity contribution in [2.45, 2.75) is 70.1 Å². The summed E-state index contributed by atoms with van der Waals surface area (Å²) in [6.45, 7) is 7.65. The zero-order valence-electron chi connectivity index (χ0n) is 18.7. The van der Waals surface area contributed by atoms with E-state index in [0.29, 0.717) is 5.56 Å². The van der Waals surface area contributed by atoms with Gasteiger partial charge in [0.05, 0.1) is 17.7 Å². The van der Waals surface area contributed by atoms with Gasteiger partial charge in [-0.05, 0) is 60.9 Å². The normalized spacial score (nSPS) is 17.5.